The van der Waals surface area contributed by atoms with E-state index in [1.54, 1.807) is 0 Å². The van der Waals surface area contributed by atoms with Crippen LogP contribution in [-0.2, 0) is 4.79 Å². The Bertz CT molecular complexity index is 247. The van der Waals surface area contributed by atoms with Crippen LogP contribution in [0.1, 0.15) is 12.8 Å². The van der Waals surface area contributed by atoms with Gasteiger partial charge in [0.1, 0.15) is 5.78 Å². The zero-order chi connectivity index (χ0) is 11.5. The first-order valence-corrected chi connectivity index (χ1v) is 6.28. The van der Waals surface area contributed by atoms with E-state index in [-0.39, 0.29) is 0 Å². The molecule has 1 atom stereocenters. The van der Waals surface area contributed by atoms with E-state index < -0.39 is 0 Å². The van der Waals surface area contributed by atoms with Crippen molar-refractivity contribution in [3.63, 3.8) is 0 Å². The summed E-state index contributed by atoms with van der Waals surface area (Å²) in [6.07, 6.45) is 1.51. The number of likely N-dealkylation sites (N-methyl/N-ethyl adjacent to an activating group) is 2. The molecule has 2 saturated heterocycles. The molecule has 0 aromatic rings. The number of nitrogens with zero attached hydrogens (tertiary/aromatic N) is 3. The second-order valence-electron chi connectivity index (χ2n) is 5.24. The number of hydrogen-bond donors (Lipinski definition) is 0. The molecule has 2 fully saturated rings. The summed E-state index contributed by atoms with van der Waals surface area (Å²) in [5.74, 6) is 0.436. The number of Topliss-reactive ketones (excluding diaryl/α,β-unsaturated/α-hetero) is 1. The molecule has 1 unspecified atom stereocenters. The molecule has 0 bridgehead atoms. The van der Waals surface area contributed by atoms with Crippen molar-refractivity contribution in [1.29, 1.82) is 0 Å². The highest BCUT2D eigenvalue weighted by Gasteiger charge is 2.25. The molecular weight excluding hydrogens is 202 g/mol. The normalized spacial score (nSPS) is 30.9. The van der Waals surface area contributed by atoms with Crippen molar-refractivity contribution in [2.24, 2.45) is 0 Å². The lowest BCUT2D eigenvalue weighted by Gasteiger charge is -2.40. The molecule has 0 amide bonds. The Morgan fingerprint density at radius 2 is 1.81 bits per heavy atom. The fourth-order valence-electron chi connectivity index (χ4n) is 2.58. The van der Waals surface area contributed by atoms with E-state index in [2.05, 4.69) is 28.8 Å². The van der Waals surface area contributed by atoms with Crippen LogP contribution in [-0.4, -0.2) is 79.9 Å². The van der Waals surface area contributed by atoms with Gasteiger partial charge in [-0.05, 0) is 14.1 Å². The summed E-state index contributed by atoms with van der Waals surface area (Å²) in [6.45, 7) is 6.54. The van der Waals surface area contributed by atoms with Crippen LogP contribution in [0.2, 0.25) is 0 Å². The van der Waals surface area contributed by atoms with E-state index in [1.807, 2.05) is 0 Å². The maximum absolute atomic E-state index is 11.2. The minimum atomic E-state index is 0.436. The molecule has 92 valence electrons. The van der Waals surface area contributed by atoms with Crippen molar-refractivity contribution in [2.45, 2.75) is 18.9 Å². The molecule has 2 heterocycles. The third kappa shape index (κ3) is 3.03. The maximum Gasteiger partial charge on any atom is 0.135 e. The molecule has 4 heteroatoms. The average Bonchev–Trinajstić information content (AvgIpc) is 2.27. The molecule has 2 aliphatic heterocycles. The Labute approximate surface area is 98.2 Å². The van der Waals surface area contributed by atoms with Gasteiger partial charge < -0.3 is 9.80 Å². The standard InChI is InChI=1S/C12H23N3O/c1-13-7-8-14(2)11(9-13)10-15-5-3-12(16)4-6-15/h11H,3-10H2,1-2H3. The lowest BCUT2D eigenvalue weighted by molar-refractivity contribution is -0.121. The minimum Gasteiger partial charge on any atom is -0.303 e. The molecular formula is C12H23N3O. The van der Waals surface area contributed by atoms with Crippen LogP contribution in [0.3, 0.4) is 0 Å². The van der Waals surface area contributed by atoms with Gasteiger partial charge in [-0.15, -0.1) is 0 Å². The number of rotatable bonds is 2. The third-order valence-electron chi connectivity index (χ3n) is 3.86. The quantitative estimate of drug-likeness (QED) is 0.655. The van der Waals surface area contributed by atoms with Crippen molar-refractivity contribution >= 4 is 5.78 Å². The summed E-state index contributed by atoms with van der Waals surface area (Å²) in [5, 5.41) is 0. The summed E-state index contributed by atoms with van der Waals surface area (Å²) in [7, 11) is 4.41. The highest BCUT2D eigenvalue weighted by molar-refractivity contribution is 5.79. The van der Waals surface area contributed by atoms with Gasteiger partial charge in [-0.25, -0.2) is 0 Å². The molecule has 2 aliphatic rings. The predicted octanol–water partition coefficient (Wildman–Crippen LogP) is -0.103. The minimum absolute atomic E-state index is 0.436. The Hall–Kier alpha value is -0.450. The van der Waals surface area contributed by atoms with Gasteiger partial charge in [-0.1, -0.05) is 0 Å². The number of piperidine rings is 1. The SMILES string of the molecule is CN1CCN(C)C(CN2CCC(=O)CC2)C1. The molecule has 0 aromatic carbocycles. The first-order chi connectivity index (χ1) is 7.65. The summed E-state index contributed by atoms with van der Waals surface area (Å²) in [4.78, 5) is 18.5. The monoisotopic (exact) mass is 225 g/mol. The Morgan fingerprint density at radius 3 is 2.50 bits per heavy atom. The Balaban J connectivity index is 1.81. The van der Waals surface area contributed by atoms with Gasteiger partial charge in [-0.3, -0.25) is 9.69 Å². The van der Waals surface area contributed by atoms with Gasteiger partial charge in [0.15, 0.2) is 0 Å². The van der Waals surface area contributed by atoms with Crippen molar-refractivity contribution in [1.82, 2.24) is 14.7 Å². The zero-order valence-electron chi connectivity index (χ0n) is 10.5. The van der Waals surface area contributed by atoms with Gasteiger partial charge in [0.25, 0.3) is 0 Å². The van der Waals surface area contributed by atoms with E-state index >= 15 is 0 Å². The van der Waals surface area contributed by atoms with Crippen molar-refractivity contribution < 1.29 is 4.79 Å². The average molecular weight is 225 g/mol. The Kier molecular flexibility index (Phi) is 3.95. The van der Waals surface area contributed by atoms with Crippen molar-refractivity contribution in [3.8, 4) is 0 Å². The van der Waals surface area contributed by atoms with Crippen LogP contribution in [0.4, 0.5) is 0 Å². The fraction of sp³-hybridized carbons (Fsp3) is 0.917. The Morgan fingerprint density at radius 1 is 1.12 bits per heavy atom. The first-order valence-electron chi connectivity index (χ1n) is 6.28. The summed E-state index contributed by atoms with van der Waals surface area (Å²) in [6, 6.07) is 0.631. The lowest BCUT2D eigenvalue weighted by atomic mass is 10.1. The maximum atomic E-state index is 11.2. The highest BCUT2D eigenvalue weighted by Crippen LogP contribution is 2.11. The van der Waals surface area contributed by atoms with E-state index in [0.29, 0.717) is 11.8 Å². The first kappa shape index (κ1) is 12.0. The van der Waals surface area contributed by atoms with Gasteiger partial charge in [-0.2, -0.15) is 0 Å². The van der Waals surface area contributed by atoms with E-state index in [0.717, 1.165) is 45.6 Å². The molecule has 0 aromatic heterocycles. The summed E-state index contributed by atoms with van der Waals surface area (Å²) < 4.78 is 0. The van der Waals surface area contributed by atoms with Gasteiger partial charge >= 0.3 is 0 Å². The summed E-state index contributed by atoms with van der Waals surface area (Å²) in [5.41, 5.74) is 0. The van der Waals surface area contributed by atoms with Crippen molar-refractivity contribution in [2.75, 3.05) is 53.4 Å². The number of likely N-dealkylation sites (tertiary alicyclic amines) is 1. The number of hydrogen-bond acceptors (Lipinski definition) is 4. The van der Waals surface area contributed by atoms with Crippen LogP contribution >= 0.6 is 0 Å². The van der Waals surface area contributed by atoms with Crippen molar-refractivity contribution in [3.05, 3.63) is 0 Å². The topological polar surface area (TPSA) is 26.8 Å². The van der Waals surface area contributed by atoms with Crippen LogP contribution in [0.25, 0.3) is 0 Å². The molecule has 4 nitrogen and oxygen atoms in total. The molecule has 2 rings (SSSR count). The summed E-state index contributed by atoms with van der Waals surface area (Å²) >= 11 is 0. The second-order valence-corrected chi connectivity index (χ2v) is 5.24. The molecule has 0 N–H and O–H groups in total. The molecule has 0 radical (unpaired) electrons. The molecule has 16 heavy (non-hydrogen) atoms. The van der Waals surface area contributed by atoms with Crippen LogP contribution in [0.15, 0.2) is 0 Å². The smallest absolute Gasteiger partial charge is 0.135 e. The number of carbonyl (C=O) groups is 1. The van der Waals surface area contributed by atoms with Gasteiger partial charge in [0.2, 0.25) is 0 Å². The van der Waals surface area contributed by atoms with Crippen LogP contribution < -0.4 is 0 Å². The second kappa shape index (κ2) is 5.25. The molecule has 0 aliphatic carbocycles. The highest BCUT2D eigenvalue weighted by atomic mass is 16.1. The fourth-order valence-corrected chi connectivity index (χ4v) is 2.58. The molecule has 0 saturated carbocycles. The van der Waals surface area contributed by atoms with Gasteiger partial charge in [0.05, 0.1) is 0 Å². The van der Waals surface area contributed by atoms with E-state index in [1.165, 1.54) is 6.54 Å². The van der Waals surface area contributed by atoms with Crippen LogP contribution in [0, 0.1) is 0 Å². The number of carbonyl (C=O) groups excluding carboxylic acids is 1. The van der Waals surface area contributed by atoms with E-state index in [4.69, 9.17) is 0 Å². The largest absolute Gasteiger partial charge is 0.303 e. The number of ketones is 1. The zero-order valence-corrected chi connectivity index (χ0v) is 10.5. The van der Waals surface area contributed by atoms with Gasteiger partial charge in [0, 0.05) is 58.2 Å². The lowest BCUT2D eigenvalue weighted by Crippen LogP contribution is -2.55. The predicted molar refractivity (Wildman–Crippen MR) is 64.6 cm³/mol. The van der Waals surface area contributed by atoms with Crippen LogP contribution in [0.5, 0.6) is 0 Å². The third-order valence-corrected chi connectivity index (χ3v) is 3.86. The number of piperazine rings is 1. The van der Waals surface area contributed by atoms with E-state index in [9.17, 15) is 4.79 Å². The molecule has 0 spiro atoms.